The molecule has 2 rings (SSSR count). The van der Waals surface area contributed by atoms with Crippen LogP contribution >= 0.6 is 0 Å². The minimum absolute atomic E-state index is 0.148. The molecule has 0 aliphatic rings. The van der Waals surface area contributed by atoms with E-state index in [1.807, 2.05) is 24.3 Å². The molecule has 0 aromatic heterocycles. The van der Waals surface area contributed by atoms with Crippen LogP contribution in [0, 0.1) is 11.3 Å². The second kappa shape index (κ2) is 6.25. The third-order valence-corrected chi connectivity index (χ3v) is 2.56. The zero-order chi connectivity index (χ0) is 14.4. The van der Waals surface area contributed by atoms with E-state index in [4.69, 9.17) is 15.7 Å². The average molecular weight is 267 g/mol. The van der Waals surface area contributed by atoms with Gasteiger partial charge < -0.3 is 15.8 Å². The molecule has 5 nitrogen and oxygen atoms in total. The van der Waals surface area contributed by atoms with E-state index in [0.717, 1.165) is 0 Å². The summed E-state index contributed by atoms with van der Waals surface area (Å²) in [5.41, 5.74) is 7.21. The van der Waals surface area contributed by atoms with Gasteiger partial charge in [-0.25, -0.2) is 0 Å². The van der Waals surface area contributed by atoms with Gasteiger partial charge in [0.2, 0.25) is 0 Å². The number of anilines is 2. The first kappa shape index (κ1) is 13.4. The van der Waals surface area contributed by atoms with Crippen molar-refractivity contribution in [2.45, 2.75) is 0 Å². The van der Waals surface area contributed by atoms with Crippen LogP contribution in [0.1, 0.15) is 5.56 Å². The topological polar surface area (TPSA) is 88.1 Å². The molecule has 0 unspecified atom stereocenters. The maximum absolute atomic E-state index is 11.7. The summed E-state index contributed by atoms with van der Waals surface area (Å²) in [5.74, 6) is 0.104. The van der Waals surface area contributed by atoms with Crippen LogP contribution in [0.3, 0.4) is 0 Å². The molecule has 0 bridgehead atoms. The number of nitrogens with two attached hydrogens (primary N) is 1. The third-order valence-electron chi connectivity index (χ3n) is 2.56. The summed E-state index contributed by atoms with van der Waals surface area (Å²) in [4.78, 5) is 11.7. The Morgan fingerprint density at radius 3 is 2.65 bits per heavy atom. The number of hydrogen-bond acceptors (Lipinski definition) is 4. The summed E-state index contributed by atoms with van der Waals surface area (Å²) in [5, 5.41) is 11.4. The fourth-order valence-electron chi connectivity index (χ4n) is 1.61. The van der Waals surface area contributed by atoms with Crippen molar-refractivity contribution in [1.29, 1.82) is 5.26 Å². The minimum atomic E-state index is -0.278. The second-order valence-electron chi connectivity index (χ2n) is 4.07. The number of ether oxygens (including phenoxy) is 1. The van der Waals surface area contributed by atoms with Crippen LogP contribution in [0.2, 0.25) is 0 Å². The van der Waals surface area contributed by atoms with Gasteiger partial charge in [0.25, 0.3) is 5.91 Å². The molecule has 2 aromatic rings. The molecular weight excluding hydrogens is 254 g/mol. The highest BCUT2D eigenvalue weighted by Gasteiger charge is 2.06. The van der Waals surface area contributed by atoms with Gasteiger partial charge in [-0.05, 0) is 30.3 Å². The van der Waals surface area contributed by atoms with Gasteiger partial charge in [0.1, 0.15) is 5.75 Å². The van der Waals surface area contributed by atoms with Gasteiger partial charge >= 0.3 is 0 Å². The van der Waals surface area contributed by atoms with Crippen molar-refractivity contribution in [2.24, 2.45) is 0 Å². The summed E-state index contributed by atoms with van der Waals surface area (Å²) in [7, 11) is 0. The lowest BCUT2D eigenvalue weighted by Crippen LogP contribution is -2.20. The van der Waals surface area contributed by atoms with Gasteiger partial charge in [-0.3, -0.25) is 4.79 Å². The molecular formula is C15H13N3O2. The number of carbonyl (C=O) groups excluding carboxylic acids is 1. The lowest BCUT2D eigenvalue weighted by atomic mass is 10.2. The molecule has 5 heteroatoms. The fraction of sp³-hybridized carbons (Fsp3) is 0.0667. The monoisotopic (exact) mass is 267 g/mol. The average Bonchev–Trinajstić information content (AvgIpc) is 2.47. The van der Waals surface area contributed by atoms with Crippen molar-refractivity contribution >= 4 is 17.3 Å². The zero-order valence-corrected chi connectivity index (χ0v) is 10.7. The van der Waals surface area contributed by atoms with Crippen molar-refractivity contribution in [3.8, 4) is 11.8 Å². The maximum atomic E-state index is 11.7. The Labute approximate surface area is 116 Å². The van der Waals surface area contributed by atoms with Crippen LogP contribution in [0.4, 0.5) is 11.4 Å². The lowest BCUT2D eigenvalue weighted by molar-refractivity contribution is -0.118. The molecule has 100 valence electrons. The van der Waals surface area contributed by atoms with Gasteiger partial charge in [-0.15, -0.1) is 0 Å². The number of nitrogens with one attached hydrogen (secondary N) is 1. The number of amides is 1. The molecule has 0 heterocycles. The third kappa shape index (κ3) is 3.50. The van der Waals surface area contributed by atoms with Gasteiger partial charge in [-0.1, -0.05) is 18.2 Å². The summed E-state index contributed by atoms with van der Waals surface area (Å²) >= 11 is 0. The van der Waals surface area contributed by atoms with Crippen LogP contribution in [0.15, 0.2) is 48.5 Å². The highest BCUT2D eigenvalue weighted by Crippen LogP contribution is 2.22. The molecule has 0 radical (unpaired) electrons. The molecule has 0 aliphatic carbocycles. The Hall–Kier alpha value is -3.00. The molecule has 0 fully saturated rings. The van der Waals surface area contributed by atoms with E-state index in [1.54, 1.807) is 24.3 Å². The number of para-hydroxylation sites is 1. The Bertz CT molecular complexity index is 648. The van der Waals surface area contributed by atoms with Crippen LogP contribution in [0.25, 0.3) is 0 Å². The van der Waals surface area contributed by atoms with E-state index >= 15 is 0 Å². The van der Waals surface area contributed by atoms with Crippen molar-refractivity contribution in [1.82, 2.24) is 0 Å². The molecule has 0 aliphatic heterocycles. The quantitative estimate of drug-likeness (QED) is 0.831. The highest BCUT2D eigenvalue weighted by molar-refractivity contribution is 5.91. The number of nitrogen functional groups attached to an aromatic ring is 1. The highest BCUT2D eigenvalue weighted by atomic mass is 16.5. The van der Waals surface area contributed by atoms with E-state index in [2.05, 4.69) is 5.32 Å². The number of nitriles is 1. The molecule has 0 saturated carbocycles. The number of nitrogens with zero attached hydrogens (tertiary/aromatic N) is 1. The van der Waals surface area contributed by atoms with E-state index in [1.165, 1.54) is 6.07 Å². The van der Waals surface area contributed by atoms with Crippen molar-refractivity contribution in [2.75, 3.05) is 17.7 Å². The van der Waals surface area contributed by atoms with Crippen molar-refractivity contribution in [3.05, 3.63) is 54.1 Å². The minimum Gasteiger partial charge on any atom is -0.482 e. The van der Waals surface area contributed by atoms with E-state index < -0.39 is 0 Å². The Morgan fingerprint density at radius 2 is 2.00 bits per heavy atom. The maximum Gasteiger partial charge on any atom is 0.262 e. The molecule has 20 heavy (non-hydrogen) atoms. The Balaban J connectivity index is 1.92. The smallest absolute Gasteiger partial charge is 0.262 e. The number of benzene rings is 2. The summed E-state index contributed by atoms with van der Waals surface area (Å²) < 4.78 is 5.32. The number of carbonyl (C=O) groups is 1. The molecule has 0 saturated heterocycles. The second-order valence-corrected chi connectivity index (χ2v) is 4.07. The molecule has 1 amide bonds. The summed E-state index contributed by atoms with van der Waals surface area (Å²) in [6.45, 7) is -0.148. The zero-order valence-electron chi connectivity index (χ0n) is 10.7. The van der Waals surface area contributed by atoms with Crippen LogP contribution in [-0.2, 0) is 4.79 Å². The first-order valence-corrected chi connectivity index (χ1v) is 5.96. The van der Waals surface area contributed by atoms with Crippen LogP contribution < -0.4 is 15.8 Å². The van der Waals surface area contributed by atoms with E-state index in [-0.39, 0.29) is 12.5 Å². The molecule has 0 atom stereocenters. The molecule has 0 spiro atoms. The predicted molar refractivity (Wildman–Crippen MR) is 76.1 cm³/mol. The van der Waals surface area contributed by atoms with E-state index in [0.29, 0.717) is 22.7 Å². The molecule has 2 aromatic carbocycles. The summed E-state index contributed by atoms with van der Waals surface area (Å²) in [6.07, 6.45) is 0. The van der Waals surface area contributed by atoms with Crippen LogP contribution in [0.5, 0.6) is 5.75 Å². The fourth-order valence-corrected chi connectivity index (χ4v) is 1.61. The first-order valence-electron chi connectivity index (χ1n) is 5.96. The first-order chi connectivity index (χ1) is 9.69. The van der Waals surface area contributed by atoms with Gasteiger partial charge in [0.05, 0.1) is 17.3 Å². The van der Waals surface area contributed by atoms with Gasteiger partial charge in [0.15, 0.2) is 6.61 Å². The Kier molecular flexibility index (Phi) is 4.20. The van der Waals surface area contributed by atoms with Gasteiger partial charge in [0, 0.05) is 5.69 Å². The number of rotatable bonds is 4. The van der Waals surface area contributed by atoms with Crippen LogP contribution in [-0.4, -0.2) is 12.5 Å². The predicted octanol–water partition coefficient (Wildman–Crippen LogP) is 2.16. The Morgan fingerprint density at radius 1 is 1.25 bits per heavy atom. The number of hydrogen-bond donors (Lipinski definition) is 2. The normalized spacial score (nSPS) is 9.55. The lowest BCUT2D eigenvalue weighted by Gasteiger charge is -2.09. The summed E-state index contributed by atoms with van der Waals surface area (Å²) in [6, 6.07) is 15.7. The van der Waals surface area contributed by atoms with Gasteiger partial charge in [-0.2, -0.15) is 5.26 Å². The van der Waals surface area contributed by atoms with E-state index in [9.17, 15) is 4.79 Å². The largest absolute Gasteiger partial charge is 0.482 e. The van der Waals surface area contributed by atoms with Crippen molar-refractivity contribution < 1.29 is 9.53 Å². The standard InChI is InChI=1S/C15H13N3O2/c16-9-11-6-7-14(13(17)8-11)20-10-15(19)18-12-4-2-1-3-5-12/h1-8H,10,17H2,(H,18,19). The molecule has 3 N–H and O–H groups in total. The van der Waals surface area contributed by atoms with Crippen molar-refractivity contribution in [3.63, 3.8) is 0 Å². The SMILES string of the molecule is N#Cc1ccc(OCC(=O)Nc2ccccc2)c(N)c1.